The minimum absolute atomic E-state index is 0.157. The summed E-state index contributed by atoms with van der Waals surface area (Å²) in [6.45, 7) is 5.38. The molecule has 1 saturated heterocycles. The van der Waals surface area contributed by atoms with Crippen molar-refractivity contribution in [2.45, 2.75) is 32.7 Å². The van der Waals surface area contributed by atoms with Gasteiger partial charge in [0.1, 0.15) is 0 Å². The summed E-state index contributed by atoms with van der Waals surface area (Å²) in [5.41, 5.74) is -0.157. The maximum atomic E-state index is 12.3. The highest BCUT2D eigenvalue weighted by Crippen LogP contribution is 2.32. The van der Waals surface area contributed by atoms with Gasteiger partial charge in [0.25, 0.3) is 0 Å². The summed E-state index contributed by atoms with van der Waals surface area (Å²) in [4.78, 5) is 12.3. The summed E-state index contributed by atoms with van der Waals surface area (Å²) < 4.78 is 1.83. The number of nitrogens with one attached hydrogen (secondary N) is 2. The molecule has 0 radical (unpaired) electrons. The Bertz CT molecular complexity index is 368. The van der Waals surface area contributed by atoms with Crippen LogP contribution in [-0.2, 0) is 11.3 Å². The van der Waals surface area contributed by atoms with Gasteiger partial charge in [-0.25, -0.2) is 0 Å². The van der Waals surface area contributed by atoms with Gasteiger partial charge in [-0.15, -0.1) is 0 Å². The van der Waals surface area contributed by atoms with E-state index in [0.29, 0.717) is 6.54 Å². The normalized spacial score (nSPS) is 18.5. The third-order valence-electron chi connectivity index (χ3n) is 3.90. The van der Waals surface area contributed by atoms with Crippen LogP contribution in [-0.4, -0.2) is 35.3 Å². The van der Waals surface area contributed by atoms with Crippen molar-refractivity contribution in [3.63, 3.8) is 0 Å². The number of hydrogen-bond acceptors (Lipinski definition) is 3. The van der Waals surface area contributed by atoms with Crippen molar-refractivity contribution in [3.8, 4) is 0 Å². The Labute approximate surface area is 108 Å². The van der Waals surface area contributed by atoms with E-state index in [2.05, 4.69) is 22.7 Å². The molecule has 2 rings (SSSR count). The molecule has 1 aliphatic heterocycles. The van der Waals surface area contributed by atoms with Crippen LogP contribution in [0.15, 0.2) is 18.5 Å². The molecule has 5 heteroatoms. The minimum atomic E-state index is -0.157. The SMILES string of the molecule is CCC1(C(=O)NCCn2cccn2)CCNCC1. The Kier molecular flexibility index (Phi) is 4.36. The Morgan fingerprint density at radius 3 is 2.89 bits per heavy atom. The number of carbonyl (C=O) groups excluding carboxylic acids is 1. The molecular weight excluding hydrogens is 228 g/mol. The summed E-state index contributed by atoms with van der Waals surface area (Å²) in [5, 5.41) is 10.5. The molecule has 0 unspecified atom stereocenters. The number of amides is 1. The van der Waals surface area contributed by atoms with E-state index < -0.39 is 0 Å². The van der Waals surface area contributed by atoms with Crippen LogP contribution >= 0.6 is 0 Å². The second-order valence-electron chi connectivity index (χ2n) is 4.91. The Hall–Kier alpha value is -1.36. The minimum Gasteiger partial charge on any atom is -0.354 e. The van der Waals surface area contributed by atoms with E-state index >= 15 is 0 Å². The summed E-state index contributed by atoms with van der Waals surface area (Å²) >= 11 is 0. The second kappa shape index (κ2) is 6.00. The zero-order chi connectivity index (χ0) is 12.8. The standard InChI is InChI=1S/C13H22N4O/c1-2-13(4-7-14-8-5-13)12(18)15-9-11-17-10-3-6-16-17/h3,6,10,14H,2,4-5,7-9,11H2,1H3,(H,15,18). The van der Waals surface area contributed by atoms with Crippen LogP contribution in [0.1, 0.15) is 26.2 Å². The molecule has 0 aromatic carbocycles. The number of nitrogens with zero attached hydrogens (tertiary/aromatic N) is 2. The molecule has 2 N–H and O–H groups in total. The Morgan fingerprint density at radius 1 is 1.50 bits per heavy atom. The van der Waals surface area contributed by atoms with Crippen molar-refractivity contribution in [1.29, 1.82) is 0 Å². The molecule has 0 aliphatic carbocycles. The molecule has 1 fully saturated rings. The van der Waals surface area contributed by atoms with E-state index in [4.69, 9.17) is 0 Å². The maximum absolute atomic E-state index is 12.3. The van der Waals surface area contributed by atoms with E-state index in [9.17, 15) is 4.79 Å². The predicted octanol–water partition coefficient (Wildman–Crippen LogP) is 0.779. The lowest BCUT2D eigenvalue weighted by atomic mass is 9.76. The molecular formula is C13H22N4O. The van der Waals surface area contributed by atoms with E-state index in [0.717, 1.165) is 38.9 Å². The highest BCUT2D eigenvalue weighted by atomic mass is 16.2. The van der Waals surface area contributed by atoms with Gasteiger partial charge in [0, 0.05) is 18.9 Å². The summed E-state index contributed by atoms with van der Waals surface area (Å²) in [6.07, 6.45) is 6.46. The molecule has 1 aromatic rings. The van der Waals surface area contributed by atoms with E-state index in [-0.39, 0.29) is 11.3 Å². The number of carbonyl (C=O) groups is 1. The molecule has 0 bridgehead atoms. The summed E-state index contributed by atoms with van der Waals surface area (Å²) in [5.74, 6) is 0.207. The van der Waals surface area contributed by atoms with Crippen molar-refractivity contribution < 1.29 is 4.79 Å². The van der Waals surface area contributed by atoms with Crippen molar-refractivity contribution in [3.05, 3.63) is 18.5 Å². The van der Waals surface area contributed by atoms with Crippen LogP contribution in [0.2, 0.25) is 0 Å². The van der Waals surface area contributed by atoms with Crippen molar-refractivity contribution in [1.82, 2.24) is 20.4 Å². The zero-order valence-corrected chi connectivity index (χ0v) is 11.0. The molecule has 0 spiro atoms. The van der Waals surface area contributed by atoms with Gasteiger partial charge >= 0.3 is 0 Å². The molecule has 1 aliphatic rings. The zero-order valence-electron chi connectivity index (χ0n) is 11.0. The fraction of sp³-hybridized carbons (Fsp3) is 0.692. The Balaban J connectivity index is 1.82. The first-order valence-electron chi connectivity index (χ1n) is 6.73. The first kappa shape index (κ1) is 13.1. The van der Waals surface area contributed by atoms with Gasteiger partial charge < -0.3 is 10.6 Å². The monoisotopic (exact) mass is 250 g/mol. The molecule has 18 heavy (non-hydrogen) atoms. The first-order chi connectivity index (χ1) is 8.77. The molecule has 1 aromatic heterocycles. The maximum Gasteiger partial charge on any atom is 0.226 e. The van der Waals surface area contributed by atoms with Crippen molar-refractivity contribution in [2.24, 2.45) is 5.41 Å². The highest BCUT2D eigenvalue weighted by Gasteiger charge is 2.37. The summed E-state index contributed by atoms with van der Waals surface area (Å²) in [6, 6.07) is 1.89. The summed E-state index contributed by atoms with van der Waals surface area (Å²) in [7, 11) is 0. The third-order valence-corrected chi connectivity index (χ3v) is 3.90. The van der Waals surface area contributed by atoms with Crippen LogP contribution in [0.5, 0.6) is 0 Å². The van der Waals surface area contributed by atoms with Crippen molar-refractivity contribution >= 4 is 5.91 Å². The molecule has 0 atom stereocenters. The van der Waals surface area contributed by atoms with Gasteiger partial charge in [0.2, 0.25) is 5.91 Å². The lowest BCUT2D eigenvalue weighted by molar-refractivity contribution is -0.132. The smallest absolute Gasteiger partial charge is 0.226 e. The van der Waals surface area contributed by atoms with Gasteiger partial charge in [0.15, 0.2) is 0 Å². The van der Waals surface area contributed by atoms with Crippen LogP contribution in [0.4, 0.5) is 0 Å². The van der Waals surface area contributed by atoms with Crippen LogP contribution in [0.25, 0.3) is 0 Å². The van der Waals surface area contributed by atoms with Gasteiger partial charge in [-0.3, -0.25) is 9.48 Å². The average Bonchev–Trinajstić information content (AvgIpc) is 2.92. The molecule has 5 nitrogen and oxygen atoms in total. The molecule has 2 heterocycles. The lowest BCUT2D eigenvalue weighted by Crippen LogP contribution is -2.47. The quantitative estimate of drug-likeness (QED) is 0.812. The van der Waals surface area contributed by atoms with E-state index in [1.807, 2.05) is 16.9 Å². The van der Waals surface area contributed by atoms with Gasteiger partial charge in [0.05, 0.1) is 12.0 Å². The fourth-order valence-corrected chi connectivity index (χ4v) is 2.55. The van der Waals surface area contributed by atoms with Gasteiger partial charge in [-0.1, -0.05) is 6.92 Å². The van der Waals surface area contributed by atoms with E-state index in [1.165, 1.54) is 0 Å². The lowest BCUT2D eigenvalue weighted by Gasteiger charge is -2.35. The van der Waals surface area contributed by atoms with Crippen molar-refractivity contribution in [2.75, 3.05) is 19.6 Å². The number of rotatable bonds is 5. The van der Waals surface area contributed by atoms with Gasteiger partial charge in [-0.2, -0.15) is 5.10 Å². The third kappa shape index (κ3) is 2.90. The average molecular weight is 250 g/mol. The number of hydrogen-bond donors (Lipinski definition) is 2. The largest absolute Gasteiger partial charge is 0.354 e. The topological polar surface area (TPSA) is 59.0 Å². The van der Waals surface area contributed by atoms with E-state index in [1.54, 1.807) is 6.20 Å². The Morgan fingerprint density at radius 2 is 2.28 bits per heavy atom. The molecule has 0 saturated carbocycles. The van der Waals surface area contributed by atoms with Crippen LogP contribution in [0, 0.1) is 5.41 Å². The molecule has 100 valence electrons. The number of aromatic nitrogens is 2. The number of piperidine rings is 1. The predicted molar refractivity (Wildman–Crippen MR) is 70.1 cm³/mol. The highest BCUT2D eigenvalue weighted by molar-refractivity contribution is 5.82. The first-order valence-corrected chi connectivity index (χ1v) is 6.73. The van der Waals surface area contributed by atoms with Gasteiger partial charge in [-0.05, 0) is 38.4 Å². The van der Waals surface area contributed by atoms with Crippen LogP contribution in [0.3, 0.4) is 0 Å². The fourth-order valence-electron chi connectivity index (χ4n) is 2.55. The van der Waals surface area contributed by atoms with Crippen LogP contribution < -0.4 is 10.6 Å². The molecule has 1 amide bonds. The second-order valence-corrected chi connectivity index (χ2v) is 4.91.